The van der Waals surface area contributed by atoms with E-state index in [4.69, 9.17) is 28.4 Å². The van der Waals surface area contributed by atoms with E-state index in [1.807, 2.05) is 12.2 Å². The maximum atomic E-state index is 6.39. The van der Waals surface area contributed by atoms with Crippen LogP contribution in [0.2, 0.25) is 0 Å². The molecule has 8 heteroatoms. The van der Waals surface area contributed by atoms with Crippen LogP contribution in [0.3, 0.4) is 0 Å². The fourth-order valence-electron chi connectivity index (χ4n) is 5.40. The number of allylic oxidation sites excluding steroid dienone is 2. The molecule has 0 radical (unpaired) electrons. The zero-order chi connectivity index (χ0) is 26.0. The third-order valence-corrected chi connectivity index (χ3v) is 7.48. The van der Waals surface area contributed by atoms with E-state index in [2.05, 4.69) is 23.0 Å². The normalized spacial score (nSPS) is 35.9. The van der Waals surface area contributed by atoms with Gasteiger partial charge in [0.1, 0.15) is 6.73 Å². The average molecular weight is 539 g/mol. The highest BCUT2D eigenvalue weighted by Gasteiger charge is 2.28. The van der Waals surface area contributed by atoms with Crippen LogP contribution in [0.25, 0.3) is 0 Å². The van der Waals surface area contributed by atoms with Gasteiger partial charge in [-0.1, -0.05) is 33.1 Å². The summed E-state index contributed by atoms with van der Waals surface area (Å²) in [6, 6.07) is 0. The number of fused-ring (bicyclic) bond motifs is 14. The molecule has 8 nitrogen and oxygen atoms in total. The molecule has 0 amide bonds. The summed E-state index contributed by atoms with van der Waals surface area (Å²) in [6.45, 7) is 14.1. The van der Waals surface area contributed by atoms with Crippen molar-refractivity contribution in [1.82, 2.24) is 9.80 Å². The fourth-order valence-corrected chi connectivity index (χ4v) is 5.40. The first-order valence-corrected chi connectivity index (χ1v) is 14.3. The molecule has 4 unspecified atom stereocenters. The van der Waals surface area contributed by atoms with Crippen molar-refractivity contribution in [3.8, 4) is 0 Å². The summed E-state index contributed by atoms with van der Waals surface area (Å²) in [7, 11) is 0. The largest absolute Gasteiger partial charge is 0.500 e. The van der Waals surface area contributed by atoms with Gasteiger partial charge in [-0.3, -0.25) is 9.80 Å². The van der Waals surface area contributed by atoms with Crippen molar-refractivity contribution in [1.29, 1.82) is 0 Å². The Morgan fingerprint density at radius 1 is 0.500 bits per heavy atom. The van der Waals surface area contributed by atoms with E-state index in [0.29, 0.717) is 39.8 Å². The smallest absolute Gasteiger partial charge is 0.141 e. The predicted octanol–water partition coefficient (Wildman–Crippen LogP) is 4.76. The van der Waals surface area contributed by atoms with E-state index < -0.39 is 0 Å². The summed E-state index contributed by atoms with van der Waals surface area (Å²) in [5.74, 6) is 0. The highest BCUT2D eigenvalue weighted by atomic mass is 16.5. The summed E-state index contributed by atoms with van der Waals surface area (Å²) in [5.41, 5.74) is 0. The second-order valence-electron chi connectivity index (χ2n) is 9.99. The molecule has 0 spiro atoms. The zero-order valence-corrected chi connectivity index (χ0v) is 22.8. The molecule has 5 rings (SSSR count). The third kappa shape index (κ3) is 12.2. The van der Waals surface area contributed by atoms with Crippen LogP contribution in [0.1, 0.15) is 58.8 Å². The van der Waals surface area contributed by atoms with Crippen LogP contribution in [0.15, 0.2) is 37.8 Å². The molecule has 220 valence electrons. The van der Waals surface area contributed by atoms with Crippen LogP contribution < -0.4 is 0 Å². The molecule has 3 heterocycles. The van der Waals surface area contributed by atoms with Crippen LogP contribution in [0, 0.1) is 0 Å². The van der Waals surface area contributed by atoms with Gasteiger partial charge >= 0.3 is 0 Å². The van der Waals surface area contributed by atoms with E-state index in [9.17, 15) is 0 Å². The maximum Gasteiger partial charge on any atom is 0.141 e. The van der Waals surface area contributed by atoms with E-state index in [0.717, 1.165) is 58.4 Å². The van der Waals surface area contributed by atoms with Gasteiger partial charge in [-0.05, 0) is 37.8 Å². The quantitative estimate of drug-likeness (QED) is 0.409. The van der Waals surface area contributed by atoms with Crippen LogP contribution >= 0.6 is 0 Å². The Morgan fingerprint density at radius 3 is 1.32 bits per heavy atom. The first-order valence-electron chi connectivity index (χ1n) is 14.3. The first kappa shape index (κ1) is 32.8. The minimum Gasteiger partial charge on any atom is -0.500 e. The van der Waals surface area contributed by atoms with Gasteiger partial charge in [0.2, 0.25) is 0 Å². The number of ether oxygens (including phenoxy) is 6. The molecule has 2 aliphatic carbocycles. The second kappa shape index (κ2) is 20.5. The number of rotatable bonds is 0. The lowest BCUT2D eigenvalue weighted by Gasteiger charge is -2.34. The monoisotopic (exact) mass is 538 g/mol. The topological polar surface area (TPSA) is 61.9 Å². The lowest BCUT2D eigenvalue weighted by molar-refractivity contribution is -0.113. The van der Waals surface area contributed by atoms with Crippen molar-refractivity contribution >= 4 is 0 Å². The average Bonchev–Trinajstić information content (AvgIpc) is 2.93. The highest BCUT2D eigenvalue weighted by molar-refractivity contribution is 4.96. The minimum atomic E-state index is 0. The summed E-state index contributed by atoms with van der Waals surface area (Å²) in [4.78, 5) is 4.65. The number of hydrogen-bond donors (Lipinski definition) is 0. The molecular formula is C30H54N2O6. The van der Waals surface area contributed by atoms with Crippen molar-refractivity contribution in [2.24, 2.45) is 0 Å². The maximum absolute atomic E-state index is 6.39. The molecule has 0 aromatic rings. The van der Waals surface area contributed by atoms with E-state index >= 15 is 0 Å². The van der Waals surface area contributed by atoms with Gasteiger partial charge in [0.05, 0.1) is 70.0 Å². The molecule has 4 atom stereocenters. The molecule has 0 aromatic heterocycles. The van der Waals surface area contributed by atoms with Gasteiger partial charge < -0.3 is 28.4 Å². The Morgan fingerprint density at radius 2 is 0.868 bits per heavy atom. The van der Waals surface area contributed by atoms with Gasteiger partial charge in [-0.15, -0.1) is 13.2 Å². The van der Waals surface area contributed by atoms with Crippen molar-refractivity contribution in [3.63, 3.8) is 0 Å². The molecule has 0 N–H and O–H groups in total. The molecule has 3 aliphatic heterocycles. The lowest BCUT2D eigenvalue weighted by Crippen LogP contribution is -2.42. The molecule has 2 bridgehead atoms. The first-order chi connectivity index (χ1) is 18.4. The predicted molar refractivity (Wildman–Crippen MR) is 152 cm³/mol. The zero-order valence-electron chi connectivity index (χ0n) is 22.8. The summed E-state index contributed by atoms with van der Waals surface area (Å²) in [6.07, 6.45) is 17.1. The summed E-state index contributed by atoms with van der Waals surface area (Å²) in [5, 5.41) is 0. The van der Waals surface area contributed by atoms with Gasteiger partial charge in [-0.2, -0.15) is 0 Å². The third-order valence-electron chi connectivity index (χ3n) is 7.48. The molecular weight excluding hydrogens is 484 g/mol. The van der Waals surface area contributed by atoms with Crippen LogP contribution in [-0.4, -0.2) is 107 Å². The van der Waals surface area contributed by atoms with E-state index in [1.54, 1.807) is 12.5 Å². The minimum absolute atomic E-state index is 0. The Kier molecular flexibility index (Phi) is 17.7. The fraction of sp³-hybridized carbons (Fsp3) is 0.800. The van der Waals surface area contributed by atoms with Gasteiger partial charge in [0.25, 0.3) is 0 Å². The SMILES string of the molecule is C.C1=C\OCCN2CCOC3CCCCC3OCCN(CCOC3CCCCC3OCC2)CO\C=C/1.C=C. The molecule has 2 saturated carbocycles. The lowest BCUT2D eigenvalue weighted by atomic mass is 9.94. The Hall–Kier alpha value is -1.42. The molecule has 1 saturated heterocycles. The van der Waals surface area contributed by atoms with Gasteiger partial charge in [0.15, 0.2) is 0 Å². The summed E-state index contributed by atoms with van der Waals surface area (Å²) < 4.78 is 37.0. The molecule has 3 fully saturated rings. The second-order valence-corrected chi connectivity index (χ2v) is 9.99. The number of nitrogens with zero attached hydrogens (tertiary/aromatic N) is 2. The van der Waals surface area contributed by atoms with Crippen LogP contribution in [0.5, 0.6) is 0 Å². The van der Waals surface area contributed by atoms with Crippen LogP contribution in [-0.2, 0) is 28.4 Å². The molecule has 0 aromatic carbocycles. The van der Waals surface area contributed by atoms with Gasteiger partial charge in [-0.25, -0.2) is 0 Å². The van der Waals surface area contributed by atoms with Crippen molar-refractivity contribution in [3.05, 3.63) is 37.8 Å². The van der Waals surface area contributed by atoms with Crippen molar-refractivity contribution in [2.75, 3.05) is 72.5 Å². The molecule has 5 aliphatic rings. The van der Waals surface area contributed by atoms with Gasteiger partial charge in [0, 0.05) is 32.7 Å². The Balaban J connectivity index is 0.00000165. The Labute approximate surface area is 231 Å². The standard InChI is InChI=1S/C27H46N2O6.C2H4.CH4/c1-3-9-26-24(7-1)32-19-12-28-11-18-30-16-5-6-17-31-23-29(14-21-34-26)15-22-35-27-10-4-2-8-25(27)33-20-13-28;1-2;/h5-6,16-17,24-27H,1-4,7-15,18-23H2;1-2H2;1H4/b16-5-,17-6-;;. The molecule has 38 heavy (non-hydrogen) atoms. The van der Waals surface area contributed by atoms with Crippen LogP contribution in [0.4, 0.5) is 0 Å². The van der Waals surface area contributed by atoms with E-state index in [1.165, 1.54) is 25.7 Å². The highest BCUT2D eigenvalue weighted by Crippen LogP contribution is 2.25. The van der Waals surface area contributed by atoms with Crippen molar-refractivity contribution < 1.29 is 28.4 Å². The summed E-state index contributed by atoms with van der Waals surface area (Å²) >= 11 is 0. The number of hydrogen-bond acceptors (Lipinski definition) is 8. The van der Waals surface area contributed by atoms with Crippen molar-refractivity contribution in [2.45, 2.75) is 83.2 Å². The Bertz CT molecular complexity index is 612. The van der Waals surface area contributed by atoms with E-state index in [-0.39, 0.29) is 31.8 Å².